The molecule has 103 valence electrons. The third-order valence-electron chi connectivity index (χ3n) is 4.34. The van der Waals surface area contributed by atoms with Gasteiger partial charge < -0.3 is 4.74 Å². The summed E-state index contributed by atoms with van der Waals surface area (Å²) in [4.78, 5) is 0. The molecule has 1 unspecified atom stereocenters. The summed E-state index contributed by atoms with van der Waals surface area (Å²) in [6, 6.07) is 10.9. The molecule has 0 N–H and O–H groups in total. The molecule has 1 aromatic carbocycles. The number of benzene rings is 1. The van der Waals surface area contributed by atoms with Gasteiger partial charge in [0.15, 0.2) is 0 Å². The number of hydrogen-bond donors (Lipinski definition) is 0. The fourth-order valence-corrected chi connectivity index (χ4v) is 3.48. The summed E-state index contributed by atoms with van der Waals surface area (Å²) in [6.07, 6.45) is 9.00. The predicted octanol–water partition coefficient (Wildman–Crippen LogP) is 4.54. The molecular weight excluding hydrogens is 232 g/mol. The molecule has 0 aliphatic carbocycles. The maximum absolute atomic E-state index is 5.55. The summed E-state index contributed by atoms with van der Waals surface area (Å²) < 4.78 is 5.55. The van der Waals surface area contributed by atoms with Gasteiger partial charge in [-0.25, -0.2) is 0 Å². The zero-order valence-electron chi connectivity index (χ0n) is 12.0. The van der Waals surface area contributed by atoms with Gasteiger partial charge in [0.25, 0.3) is 0 Å². The van der Waals surface area contributed by atoms with E-state index in [4.69, 9.17) is 4.74 Å². The molecule has 1 aromatic rings. The molecule has 1 aliphatic rings. The van der Waals surface area contributed by atoms with Crippen LogP contribution in [0.4, 0.5) is 0 Å². The molecule has 0 saturated carbocycles. The second kappa shape index (κ2) is 6.91. The van der Waals surface area contributed by atoms with Gasteiger partial charge in [-0.15, -0.1) is 0 Å². The van der Waals surface area contributed by atoms with Gasteiger partial charge in [-0.3, -0.25) is 0 Å². The summed E-state index contributed by atoms with van der Waals surface area (Å²) in [5.74, 6) is 0.668. The molecule has 1 nitrogen and oxygen atoms in total. The molecule has 0 bridgehead atoms. The first-order valence-corrected chi connectivity index (χ1v) is 7.43. The molecule has 2 rings (SSSR count). The zero-order chi connectivity index (χ0) is 13.6. The molecule has 1 heteroatoms. The summed E-state index contributed by atoms with van der Waals surface area (Å²) in [7, 11) is 0. The average molecular weight is 257 g/mol. The van der Waals surface area contributed by atoms with E-state index < -0.39 is 0 Å². The Labute approximate surface area is 117 Å². The first kappa shape index (κ1) is 14.3. The molecule has 1 atom stereocenters. The Bertz CT molecular complexity index is 389. The monoisotopic (exact) mass is 257 g/mol. The van der Waals surface area contributed by atoms with Crippen LogP contribution in [0.2, 0.25) is 0 Å². The predicted molar refractivity (Wildman–Crippen MR) is 81.1 cm³/mol. The third-order valence-corrected chi connectivity index (χ3v) is 4.34. The van der Waals surface area contributed by atoms with E-state index >= 15 is 0 Å². The lowest BCUT2D eigenvalue weighted by Crippen LogP contribution is -2.37. The van der Waals surface area contributed by atoms with Gasteiger partial charge >= 0.3 is 0 Å². The quantitative estimate of drug-likeness (QED) is 0.752. The largest absolute Gasteiger partial charge is 0.381 e. The Morgan fingerprint density at radius 3 is 2.53 bits per heavy atom. The van der Waals surface area contributed by atoms with E-state index in [2.05, 4.69) is 50.3 Å². The normalized spacial score (nSPS) is 20.5. The van der Waals surface area contributed by atoms with Crippen molar-refractivity contribution < 1.29 is 4.74 Å². The molecule has 1 radical (unpaired) electrons. The summed E-state index contributed by atoms with van der Waals surface area (Å²) >= 11 is 0. The zero-order valence-corrected chi connectivity index (χ0v) is 12.0. The van der Waals surface area contributed by atoms with E-state index in [0.29, 0.717) is 5.92 Å². The fourth-order valence-electron chi connectivity index (χ4n) is 3.48. The number of rotatable bonds is 5. The van der Waals surface area contributed by atoms with Crippen molar-refractivity contribution in [3.05, 3.63) is 55.0 Å². The third kappa shape index (κ3) is 3.09. The van der Waals surface area contributed by atoms with Gasteiger partial charge in [0.1, 0.15) is 0 Å². The second-order valence-corrected chi connectivity index (χ2v) is 5.45. The molecule has 1 heterocycles. The second-order valence-electron chi connectivity index (χ2n) is 5.45. The first-order chi connectivity index (χ1) is 9.33. The van der Waals surface area contributed by atoms with Crippen LogP contribution in [0.25, 0.3) is 0 Å². The van der Waals surface area contributed by atoms with Crippen LogP contribution >= 0.6 is 0 Å². The molecular formula is C18H25O. The van der Waals surface area contributed by atoms with Crippen LogP contribution in [0.5, 0.6) is 0 Å². The van der Waals surface area contributed by atoms with Crippen molar-refractivity contribution >= 4 is 0 Å². The minimum absolute atomic E-state index is 0.140. The molecule has 0 amide bonds. The number of ether oxygens (including phenoxy) is 1. The van der Waals surface area contributed by atoms with Crippen LogP contribution < -0.4 is 0 Å². The van der Waals surface area contributed by atoms with E-state index in [1.165, 1.54) is 18.4 Å². The Hall–Kier alpha value is -1.08. The minimum atomic E-state index is 0.140. The molecule has 19 heavy (non-hydrogen) atoms. The Morgan fingerprint density at radius 2 is 1.95 bits per heavy atom. The Kier molecular flexibility index (Phi) is 5.21. The lowest BCUT2D eigenvalue weighted by Gasteiger charge is -2.41. The van der Waals surface area contributed by atoms with E-state index in [0.717, 1.165) is 26.1 Å². The highest BCUT2D eigenvalue weighted by molar-refractivity contribution is 5.32. The van der Waals surface area contributed by atoms with Gasteiger partial charge in [0.2, 0.25) is 0 Å². The average Bonchev–Trinajstić information content (AvgIpc) is 2.49. The SMILES string of the molecule is [CH2]/C=C\C(CCC)(c1ccccc1)C1CCOCC1. The molecule has 0 aromatic heterocycles. The summed E-state index contributed by atoms with van der Waals surface area (Å²) in [5, 5.41) is 0. The molecule has 1 fully saturated rings. The van der Waals surface area contributed by atoms with E-state index in [1.54, 1.807) is 0 Å². The van der Waals surface area contributed by atoms with Crippen molar-refractivity contribution in [2.75, 3.05) is 13.2 Å². The maximum atomic E-state index is 5.55. The summed E-state index contributed by atoms with van der Waals surface area (Å²) in [6.45, 7) is 8.03. The van der Waals surface area contributed by atoms with Crippen LogP contribution in [0, 0.1) is 12.8 Å². The van der Waals surface area contributed by atoms with Crippen molar-refractivity contribution in [1.29, 1.82) is 0 Å². The van der Waals surface area contributed by atoms with Crippen LogP contribution in [0.1, 0.15) is 38.2 Å². The number of hydrogen-bond acceptors (Lipinski definition) is 1. The molecule has 1 saturated heterocycles. The van der Waals surface area contributed by atoms with Crippen molar-refractivity contribution in [3.63, 3.8) is 0 Å². The summed E-state index contributed by atoms with van der Waals surface area (Å²) in [5.41, 5.74) is 1.57. The minimum Gasteiger partial charge on any atom is -0.381 e. The molecule has 0 spiro atoms. The van der Waals surface area contributed by atoms with Gasteiger partial charge in [-0.1, -0.05) is 55.8 Å². The lowest BCUT2D eigenvalue weighted by atomic mass is 9.64. The molecule has 1 aliphatic heterocycles. The lowest BCUT2D eigenvalue weighted by molar-refractivity contribution is 0.0439. The van der Waals surface area contributed by atoms with Crippen LogP contribution in [0.3, 0.4) is 0 Å². The van der Waals surface area contributed by atoms with Crippen LogP contribution in [-0.4, -0.2) is 13.2 Å². The van der Waals surface area contributed by atoms with Gasteiger partial charge in [0, 0.05) is 18.6 Å². The highest BCUT2D eigenvalue weighted by Gasteiger charge is 2.37. The van der Waals surface area contributed by atoms with Gasteiger partial charge in [-0.2, -0.15) is 0 Å². The van der Waals surface area contributed by atoms with E-state index in [-0.39, 0.29) is 5.41 Å². The van der Waals surface area contributed by atoms with Gasteiger partial charge in [0.05, 0.1) is 0 Å². The van der Waals surface area contributed by atoms with Gasteiger partial charge in [-0.05, 0) is 37.7 Å². The van der Waals surface area contributed by atoms with Crippen LogP contribution in [-0.2, 0) is 10.2 Å². The fraction of sp³-hybridized carbons (Fsp3) is 0.500. The first-order valence-electron chi connectivity index (χ1n) is 7.43. The van der Waals surface area contributed by atoms with Crippen molar-refractivity contribution in [2.24, 2.45) is 5.92 Å². The Morgan fingerprint density at radius 1 is 1.26 bits per heavy atom. The van der Waals surface area contributed by atoms with E-state index in [1.807, 2.05) is 6.08 Å². The highest BCUT2D eigenvalue weighted by atomic mass is 16.5. The maximum Gasteiger partial charge on any atom is 0.0469 e. The number of allylic oxidation sites excluding steroid dienone is 2. The van der Waals surface area contributed by atoms with Crippen molar-refractivity contribution in [3.8, 4) is 0 Å². The van der Waals surface area contributed by atoms with Crippen molar-refractivity contribution in [2.45, 2.75) is 38.0 Å². The van der Waals surface area contributed by atoms with E-state index in [9.17, 15) is 0 Å². The topological polar surface area (TPSA) is 9.23 Å². The van der Waals surface area contributed by atoms with Crippen LogP contribution in [0.15, 0.2) is 42.5 Å². The highest BCUT2D eigenvalue weighted by Crippen LogP contribution is 2.43. The smallest absolute Gasteiger partial charge is 0.0469 e. The van der Waals surface area contributed by atoms with Crippen molar-refractivity contribution in [1.82, 2.24) is 0 Å². The Balaban J connectivity index is 2.40. The standard InChI is InChI=1S/C18H25O/c1-3-12-18(13-4-2,16-8-6-5-7-9-16)17-10-14-19-15-11-17/h3,5-9,12,17H,1,4,10-11,13-15H2,2H3/b12-3-.